The van der Waals surface area contributed by atoms with Gasteiger partial charge in [0.05, 0.1) is 5.02 Å². The molecule has 80 valence electrons. The molecule has 0 amide bonds. The van der Waals surface area contributed by atoms with Gasteiger partial charge < -0.3 is 5.32 Å². The van der Waals surface area contributed by atoms with Gasteiger partial charge in [0.15, 0.2) is 0 Å². The Morgan fingerprint density at radius 3 is 2.73 bits per heavy atom. The van der Waals surface area contributed by atoms with E-state index < -0.39 is 0 Å². The van der Waals surface area contributed by atoms with Gasteiger partial charge in [-0.1, -0.05) is 11.6 Å². The molecular weight excluding hydrogens is 208 g/mol. The Balaban J connectivity index is 1.59. The van der Waals surface area contributed by atoms with Crippen molar-refractivity contribution in [3.05, 3.63) is 23.4 Å². The number of anilines is 1. The predicted octanol–water partition coefficient (Wildman–Crippen LogP) is 3.34. The first-order valence-electron chi connectivity index (χ1n) is 5.64. The Hall–Kier alpha value is -0.760. The third kappa shape index (κ3) is 1.96. The zero-order chi connectivity index (χ0) is 10.3. The summed E-state index contributed by atoms with van der Waals surface area (Å²) in [5, 5.41) is 4.12. The van der Waals surface area contributed by atoms with E-state index in [-0.39, 0.29) is 0 Å². The maximum atomic E-state index is 5.78. The Kier molecular flexibility index (Phi) is 2.13. The van der Waals surface area contributed by atoms with Crippen LogP contribution in [0.15, 0.2) is 18.3 Å². The Bertz CT molecular complexity index is 352. The summed E-state index contributed by atoms with van der Waals surface area (Å²) >= 11 is 5.78. The van der Waals surface area contributed by atoms with Gasteiger partial charge in [-0.15, -0.1) is 0 Å². The normalized spacial score (nSPS) is 22.5. The molecule has 1 aromatic heterocycles. The van der Waals surface area contributed by atoms with Crippen LogP contribution in [0.2, 0.25) is 5.02 Å². The second kappa shape index (κ2) is 3.38. The van der Waals surface area contributed by atoms with Crippen LogP contribution in [0.25, 0.3) is 0 Å². The van der Waals surface area contributed by atoms with E-state index in [0.717, 1.165) is 18.3 Å². The zero-order valence-corrected chi connectivity index (χ0v) is 9.43. The third-order valence-corrected chi connectivity index (χ3v) is 3.91. The topological polar surface area (TPSA) is 24.9 Å². The number of nitrogens with zero attached hydrogens (tertiary/aromatic N) is 1. The molecule has 0 atom stereocenters. The maximum absolute atomic E-state index is 5.78. The number of nitrogens with one attached hydrogen (secondary N) is 1. The summed E-state index contributed by atoms with van der Waals surface area (Å²) in [6.07, 6.45) is 7.38. The van der Waals surface area contributed by atoms with E-state index >= 15 is 0 Å². The molecule has 0 saturated heterocycles. The van der Waals surface area contributed by atoms with Gasteiger partial charge in [0.25, 0.3) is 0 Å². The summed E-state index contributed by atoms with van der Waals surface area (Å²) in [6.45, 7) is 1.09. The summed E-state index contributed by atoms with van der Waals surface area (Å²) in [5.74, 6) is 1.95. The standard InChI is InChI=1S/C12H15ClN2/c13-10-3-4-11(14-7-10)15-8-12(5-6-12)9-1-2-9/h3-4,7,9H,1-2,5-6,8H2,(H,14,15). The van der Waals surface area contributed by atoms with Gasteiger partial charge in [-0.3, -0.25) is 0 Å². The molecule has 15 heavy (non-hydrogen) atoms. The van der Waals surface area contributed by atoms with E-state index in [1.807, 2.05) is 12.1 Å². The summed E-state index contributed by atoms with van der Waals surface area (Å²) in [7, 11) is 0. The zero-order valence-electron chi connectivity index (χ0n) is 8.67. The molecular formula is C12H15ClN2. The lowest BCUT2D eigenvalue weighted by Crippen LogP contribution is -2.17. The van der Waals surface area contributed by atoms with E-state index in [0.29, 0.717) is 10.4 Å². The molecule has 2 fully saturated rings. The first-order chi connectivity index (χ1) is 7.28. The van der Waals surface area contributed by atoms with Crippen LogP contribution in [0.1, 0.15) is 25.7 Å². The van der Waals surface area contributed by atoms with Gasteiger partial charge in [0.2, 0.25) is 0 Å². The van der Waals surface area contributed by atoms with E-state index in [4.69, 9.17) is 11.6 Å². The van der Waals surface area contributed by atoms with Crippen LogP contribution in [0, 0.1) is 11.3 Å². The minimum absolute atomic E-state index is 0.626. The number of aromatic nitrogens is 1. The third-order valence-electron chi connectivity index (χ3n) is 3.68. The van der Waals surface area contributed by atoms with Crippen molar-refractivity contribution in [1.29, 1.82) is 0 Å². The van der Waals surface area contributed by atoms with Crippen molar-refractivity contribution in [2.45, 2.75) is 25.7 Å². The number of hydrogen-bond donors (Lipinski definition) is 1. The van der Waals surface area contributed by atoms with Crippen LogP contribution in [0.5, 0.6) is 0 Å². The molecule has 0 aromatic carbocycles. The highest BCUT2D eigenvalue weighted by molar-refractivity contribution is 6.30. The van der Waals surface area contributed by atoms with Gasteiger partial charge >= 0.3 is 0 Å². The van der Waals surface area contributed by atoms with Crippen LogP contribution < -0.4 is 5.32 Å². The largest absolute Gasteiger partial charge is 0.370 e. The first-order valence-corrected chi connectivity index (χ1v) is 6.02. The quantitative estimate of drug-likeness (QED) is 0.845. The monoisotopic (exact) mass is 222 g/mol. The molecule has 0 spiro atoms. The van der Waals surface area contributed by atoms with E-state index in [1.165, 1.54) is 25.7 Å². The minimum atomic E-state index is 0.626. The number of rotatable bonds is 4. The fourth-order valence-electron chi connectivity index (χ4n) is 2.33. The van der Waals surface area contributed by atoms with Gasteiger partial charge in [0.1, 0.15) is 5.82 Å². The predicted molar refractivity (Wildman–Crippen MR) is 62.1 cm³/mol. The lowest BCUT2D eigenvalue weighted by molar-refractivity contribution is 0.466. The smallest absolute Gasteiger partial charge is 0.126 e. The molecule has 3 rings (SSSR count). The van der Waals surface area contributed by atoms with Crippen LogP contribution in [0.3, 0.4) is 0 Å². The van der Waals surface area contributed by atoms with Crippen molar-refractivity contribution in [2.24, 2.45) is 11.3 Å². The van der Waals surface area contributed by atoms with E-state index in [2.05, 4.69) is 10.3 Å². The highest BCUT2D eigenvalue weighted by atomic mass is 35.5. The molecule has 1 heterocycles. The van der Waals surface area contributed by atoms with Crippen LogP contribution in [-0.4, -0.2) is 11.5 Å². The molecule has 2 aliphatic carbocycles. The highest BCUT2D eigenvalue weighted by Crippen LogP contribution is 2.61. The molecule has 1 N–H and O–H groups in total. The second-order valence-corrected chi connectivity index (χ2v) is 5.29. The van der Waals surface area contributed by atoms with Crippen molar-refractivity contribution in [1.82, 2.24) is 4.98 Å². The molecule has 2 nitrogen and oxygen atoms in total. The maximum Gasteiger partial charge on any atom is 0.126 e. The van der Waals surface area contributed by atoms with E-state index in [1.54, 1.807) is 6.20 Å². The molecule has 0 radical (unpaired) electrons. The van der Waals surface area contributed by atoms with Crippen LogP contribution in [-0.2, 0) is 0 Å². The molecule has 1 aromatic rings. The summed E-state index contributed by atoms with van der Waals surface area (Å²) in [6, 6.07) is 3.83. The molecule has 2 aliphatic rings. The number of halogens is 1. The summed E-state index contributed by atoms with van der Waals surface area (Å²) < 4.78 is 0. The fraction of sp³-hybridized carbons (Fsp3) is 0.583. The molecule has 0 bridgehead atoms. The van der Waals surface area contributed by atoms with Gasteiger partial charge in [-0.05, 0) is 49.1 Å². The highest BCUT2D eigenvalue weighted by Gasteiger charge is 2.53. The van der Waals surface area contributed by atoms with Crippen molar-refractivity contribution in [3.63, 3.8) is 0 Å². The Morgan fingerprint density at radius 2 is 2.20 bits per heavy atom. The molecule has 0 unspecified atom stereocenters. The average Bonchev–Trinajstić information content (AvgIpc) is 3.10. The lowest BCUT2D eigenvalue weighted by atomic mass is 10.0. The van der Waals surface area contributed by atoms with Crippen molar-refractivity contribution < 1.29 is 0 Å². The van der Waals surface area contributed by atoms with Crippen molar-refractivity contribution in [3.8, 4) is 0 Å². The van der Waals surface area contributed by atoms with Crippen molar-refractivity contribution >= 4 is 17.4 Å². The molecule has 0 aliphatic heterocycles. The first kappa shape index (κ1) is 9.46. The lowest BCUT2D eigenvalue weighted by Gasteiger charge is -2.15. The fourth-order valence-corrected chi connectivity index (χ4v) is 2.44. The Labute approximate surface area is 95.0 Å². The second-order valence-electron chi connectivity index (χ2n) is 4.85. The van der Waals surface area contributed by atoms with Gasteiger partial charge in [-0.25, -0.2) is 4.98 Å². The van der Waals surface area contributed by atoms with Gasteiger partial charge in [-0.2, -0.15) is 0 Å². The SMILES string of the molecule is Clc1ccc(NCC2(C3CC3)CC2)nc1. The summed E-state index contributed by atoms with van der Waals surface area (Å²) in [5.41, 5.74) is 0.626. The van der Waals surface area contributed by atoms with E-state index in [9.17, 15) is 0 Å². The minimum Gasteiger partial charge on any atom is -0.370 e. The number of pyridine rings is 1. The van der Waals surface area contributed by atoms with Crippen molar-refractivity contribution in [2.75, 3.05) is 11.9 Å². The average molecular weight is 223 g/mol. The molecule has 2 saturated carbocycles. The summed E-state index contributed by atoms with van der Waals surface area (Å²) in [4.78, 5) is 4.25. The van der Waals surface area contributed by atoms with Crippen LogP contribution in [0.4, 0.5) is 5.82 Å². The van der Waals surface area contributed by atoms with Crippen LogP contribution >= 0.6 is 11.6 Å². The van der Waals surface area contributed by atoms with Gasteiger partial charge in [0, 0.05) is 12.7 Å². The number of hydrogen-bond acceptors (Lipinski definition) is 2. The molecule has 3 heteroatoms. The Morgan fingerprint density at radius 1 is 1.40 bits per heavy atom.